The lowest BCUT2D eigenvalue weighted by atomic mass is 9.97. The fraction of sp³-hybridized carbons (Fsp3) is 0.400. The highest BCUT2D eigenvalue weighted by molar-refractivity contribution is 6.34. The van der Waals surface area contributed by atoms with Crippen molar-refractivity contribution in [3.8, 4) is 0 Å². The van der Waals surface area contributed by atoms with Crippen molar-refractivity contribution in [2.24, 2.45) is 5.92 Å². The van der Waals surface area contributed by atoms with Crippen LogP contribution in [0.15, 0.2) is 18.2 Å². The predicted octanol–water partition coefficient (Wildman–Crippen LogP) is 6.01. The van der Waals surface area contributed by atoms with Gasteiger partial charge in [0.15, 0.2) is 5.92 Å². The molecule has 0 aliphatic carbocycles. The summed E-state index contributed by atoms with van der Waals surface area (Å²) in [5, 5.41) is -2.79. The minimum atomic E-state index is -5.55. The number of benzene rings is 1. The summed E-state index contributed by atoms with van der Waals surface area (Å²) in [6.45, 7) is 0. The average Bonchev–Trinajstić information content (AvgIpc) is 2.17. The van der Waals surface area contributed by atoms with Crippen LogP contribution in [0, 0.1) is 5.92 Å². The molecule has 0 saturated carbocycles. The van der Waals surface area contributed by atoms with Crippen LogP contribution in [0.3, 0.4) is 0 Å². The Morgan fingerprint density at radius 1 is 0.895 bits per heavy atom. The van der Waals surface area contributed by atoms with Crippen LogP contribution in [0.25, 0.3) is 0 Å². The van der Waals surface area contributed by atoms with Gasteiger partial charge in [-0.15, -0.1) is 11.6 Å². The molecule has 0 aliphatic rings. The molecule has 0 bridgehead atoms. The van der Waals surface area contributed by atoms with Crippen LogP contribution in [0.4, 0.5) is 26.3 Å². The minimum absolute atomic E-state index is 0.0619. The zero-order valence-electron chi connectivity index (χ0n) is 8.79. The third-order valence-corrected chi connectivity index (χ3v) is 3.32. The summed E-state index contributed by atoms with van der Waals surface area (Å²) < 4.78 is 75.0. The van der Waals surface area contributed by atoms with E-state index in [1.807, 2.05) is 0 Å². The quantitative estimate of drug-likeness (QED) is 0.454. The van der Waals surface area contributed by atoms with Gasteiger partial charge >= 0.3 is 12.4 Å². The van der Waals surface area contributed by atoms with E-state index in [0.29, 0.717) is 0 Å². The zero-order valence-corrected chi connectivity index (χ0v) is 11.1. The summed E-state index contributed by atoms with van der Waals surface area (Å²) in [5.41, 5.74) is -0.518. The predicted molar refractivity (Wildman–Crippen MR) is 60.7 cm³/mol. The molecule has 0 heterocycles. The van der Waals surface area contributed by atoms with Gasteiger partial charge in [-0.05, 0) is 23.8 Å². The van der Waals surface area contributed by atoms with Gasteiger partial charge in [-0.3, -0.25) is 0 Å². The summed E-state index contributed by atoms with van der Waals surface area (Å²) in [4.78, 5) is 0. The second kappa shape index (κ2) is 5.58. The molecular formula is C10H5Cl3F6. The van der Waals surface area contributed by atoms with Crippen LogP contribution in [-0.2, 0) is 0 Å². The van der Waals surface area contributed by atoms with Crippen LogP contribution in [0.1, 0.15) is 10.9 Å². The molecule has 1 aromatic carbocycles. The van der Waals surface area contributed by atoms with Gasteiger partial charge in [0, 0.05) is 10.0 Å². The molecule has 19 heavy (non-hydrogen) atoms. The summed E-state index contributed by atoms with van der Waals surface area (Å²) in [6.07, 6.45) is -11.1. The molecule has 0 nitrogen and oxygen atoms in total. The van der Waals surface area contributed by atoms with Crippen LogP contribution in [0.5, 0.6) is 0 Å². The third-order valence-electron chi connectivity index (χ3n) is 2.25. The Morgan fingerprint density at radius 2 is 1.37 bits per heavy atom. The third kappa shape index (κ3) is 4.07. The molecule has 0 aliphatic heterocycles. The van der Waals surface area contributed by atoms with Crippen molar-refractivity contribution in [1.82, 2.24) is 0 Å². The molecule has 0 saturated heterocycles. The fourth-order valence-electron chi connectivity index (χ4n) is 1.42. The van der Waals surface area contributed by atoms with Crippen LogP contribution in [-0.4, -0.2) is 12.4 Å². The Balaban J connectivity index is 3.28. The number of hydrogen-bond acceptors (Lipinski definition) is 0. The fourth-order valence-corrected chi connectivity index (χ4v) is 2.36. The molecule has 9 heteroatoms. The topological polar surface area (TPSA) is 0 Å². The van der Waals surface area contributed by atoms with Crippen LogP contribution in [0.2, 0.25) is 10.0 Å². The highest BCUT2D eigenvalue weighted by Crippen LogP contribution is 2.50. The van der Waals surface area contributed by atoms with E-state index in [4.69, 9.17) is 34.8 Å². The molecule has 1 atom stereocenters. The normalized spacial score (nSPS) is 14.8. The first-order chi connectivity index (χ1) is 8.44. The standard InChI is InChI=1S/C10H5Cl3F6/c11-4-1-2-6(12)5(3-4)7(13)8(9(14,15)16)10(17,18)19/h1-3,7-8H. The van der Waals surface area contributed by atoms with Crippen LogP contribution >= 0.6 is 34.8 Å². The van der Waals surface area contributed by atoms with Gasteiger partial charge in [0.05, 0.1) is 5.38 Å². The molecule has 0 radical (unpaired) electrons. The van der Waals surface area contributed by atoms with Gasteiger partial charge in [0.1, 0.15) is 0 Å². The SMILES string of the molecule is FC(F)(F)C(C(Cl)c1cc(Cl)ccc1Cl)C(F)(F)F. The van der Waals surface area contributed by atoms with Crippen molar-refractivity contribution in [2.75, 3.05) is 0 Å². The molecule has 108 valence electrons. The monoisotopic (exact) mass is 344 g/mol. The van der Waals surface area contributed by atoms with E-state index in [9.17, 15) is 26.3 Å². The lowest BCUT2D eigenvalue weighted by Gasteiger charge is -2.27. The Morgan fingerprint density at radius 3 is 1.79 bits per heavy atom. The maximum Gasteiger partial charge on any atom is 0.402 e. The van der Waals surface area contributed by atoms with Crippen molar-refractivity contribution in [3.05, 3.63) is 33.8 Å². The Kier molecular flexibility index (Phi) is 4.91. The van der Waals surface area contributed by atoms with E-state index in [0.717, 1.165) is 12.1 Å². The van der Waals surface area contributed by atoms with E-state index in [-0.39, 0.29) is 10.0 Å². The van der Waals surface area contributed by atoms with Gasteiger partial charge in [0.2, 0.25) is 0 Å². The van der Waals surface area contributed by atoms with Crippen molar-refractivity contribution in [2.45, 2.75) is 17.7 Å². The minimum Gasteiger partial charge on any atom is -0.170 e. The van der Waals surface area contributed by atoms with E-state index in [1.54, 1.807) is 0 Å². The molecule has 1 unspecified atom stereocenters. The number of rotatable bonds is 2. The van der Waals surface area contributed by atoms with Crippen molar-refractivity contribution in [1.29, 1.82) is 0 Å². The second-order valence-corrected chi connectivity index (χ2v) is 4.94. The van der Waals surface area contributed by atoms with Gasteiger partial charge in [-0.2, -0.15) is 26.3 Å². The summed E-state index contributed by atoms with van der Waals surface area (Å²) in [6, 6.07) is 3.19. The molecule has 1 aromatic rings. The first kappa shape index (κ1) is 16.7. The Labute approximate surface area is 119 Å². The van der Waals surface area contributed by atoms with Crippen molar-refractivity contribution in [3.63, 3.8) is 0 Å². The van der Waals surface area contributed by atoms with Gasteiger partial charge in [0.25, 0.3) is 0 Å². The number of hydrogen-bond donors (Lipinski definition) is 0. The zero-order chi connectivity index (χ0) is 15.0. The summed E-state index contributed by atoms with van der Waals surface area (Å²) >= 11 is 16.4. The summed E-state index contributed by atoms with van der Waals surface area (Å²) in [5.74, 6) is -3.72. The van der Waals surface area contributed by atoms with Gasteiger partial charge in [-0.1, -0.05) is 23.2 Å². The molecule has 0 N–H and O–H groups in total. The molecule has 1 rings (SSSR count). The average molecular weight is 345 g/mol. The van der Waals surface area contributed by atoms with Crippen molar-refractivity contribution < 1.29 is 26.3 Å². The molecule has 0 fully saturated rings. The maximum absolute atomic E-state index is 12.5. The smallest absolute Gasteiger partial charge is 0.170 e. The molecular weight excluding hydrogens is 340 g/mol. The maximum atomic E-state index is 12.5. The van der Waals surface area contributed by atoms with Crippen molar-refractivity contribution >= 4 is 34.8 Å². The molecule has 0 spiro atoms. The van der Waals surface area contributed by atoms with E-state index < -0.39 is 29.2 Å². The first-order valence-corrected chi connectivity index (χ1v) is 5.86. The van der Waals surface area contributed by atoms with Gasteiger partial charge < -0.3 is 0 Å². The highest BCUT2D eigenvalue weighted by Gasteiger charge is 2.60. The lowest BCUT2D eigenvalue weighted by molar-refractivity contribution is -0.284. The Bertz CT molecular complexity index is 440. The summed E-state index contributed by atoms with van der Waals surface area (Å²) in [7, 11) is 0. The van der Waals surface area contributed by atoms with Gasteiger partial charge in [-0.25, -0.2) is 0 Å². The highest BCUT2D eigenvalue weighted by atomic mass is 35.5. The molecule has 0 aromatic heterocycles. The van der Waals surface area contributed by atoms with E-state index in [2.05, 4.69) is 0 Å². The first-order valence-electron chi connectivity index (χ1n) is 4.67. The van der Waals surface area contributed by atoms with E-state index in [1.165, 1.54) is 6.07 Å². The van der Waals surface area contributed by atoms with E-state index >= 15 is 0 Å². The number of alkyl halides is 7. The largest absolute Gasteiger partial charge is 0.402 e. The molecule has 0 amide bonds. The second-order valence-electron chi connectivity index (χ2n) is 3.63. The Hall–Kier alpha value is -0.330. The number of halogens is 9. The lowest BCUT2D eigenvalue weighted by Crippen LogP contribution is -2.39. The van der Waals surface area contributed by atoms with Crippen LogP contribution < -0.4 is 0 Å².